The molecule has 0 aliphatic heterocycles. The average molecular weight is 304 g/mol. The first kappa shape index (κ1) is 14.8. The summed E-state index contributed by atoms with van der Waals surface area (Å²) in [5, 5.41) is 0. The lowest BCUT2D eigenvalue weighted by Gasteiger charge is -2.09. The van der Waals surface area contributed by atoms with Crippen LogP contribution in [0.3, 0.4) is 0 Å². The summed E-state index contributed by atoms with van der Waals surface area (Å²) < 4.78 is 31.9. The third-order valence-electron chi connectivity index (χ3n) is 2.64. The van der Waals surface area contributed by atoms with Crippen molar-refractivity contribution in [2.75, 3.05) is 11.8 Å². The SMILES string of the molecule is COc1cccc(NS(=O)(=O)c2ccc(N=C=O)cc2)c1. The number of anilines is 1. The fourth-order valence-electron chi connectivity index (χ4n) is 1.65. The highest BCUT2D eigenvalue weighted by molar-refractivity contribution is 7.92. The number of hydrogen-bond acceptors (Lipinski definition) is 5. The molecule has 2 aromatic carbocycles. The van der Waals surface area contributed by atoms with Crippen molar-refractivity contribution in [3.8, 4) is 5.75 Å². The van der Waals surface area contributed by atoms with Gasteiger partial charge in [0.2, 0.25) is 6.08 Å². The molecule has 0 aliphatic rings. The van der Waals surface area contributed by atoms with Gasteiger partial charge < -0.3 is 4.74 Å². The van der Waals surface area contributed by atoms with Gasteiger partial charge in [0.05, 0.1) is 23.4 Å². The Kier molecular flexibility index (Phi) is 4.37. The van der Waals surface area contributed by atoms with Crippen molar-refractivity contribution in [2.24, 2.45) is 4.99 Å². The van der Waals surface area contributed by atoms with Crippen molar-refractivity contribution in [1.29, 1.82) is 0 Å². The van der Waals surface area contributed by atoms with Crippen molar-refractivity contribution in [3.05, 3.63) is 48.5 Å². The number of carbonyl (C=O) groups excluding carboxylic acids is 1. The number of sulfonamides is 1. The first-order valence-electron chi connectivity index (χ1n) is 5.90. The first-order chi connectivity index (χ1) is 10.0. The summed E-state index contributed by atoms with van der Waals surface area (Å²) >= 11 is 0. The zero-order valence-electron chi connectivity index (χ0n) is 11.1. The van der Waals surface area contributed by atoms with Gasteiger partial charge in [-0.1, -0.05) is 6.07 Å². The van der Waals surface area contributed by atoms with Crippen molar-refractivity contribution in [3.63, 3.8) is 0 Å². The predicted octanol–water partition coefficient (Wildman–Crippen LogP) is 2.46. The second-order valence-electron chi connectivity index (χ2n) is 4.03. The van der Waals surface area contributed by atoms with E-state index < -0.39 is 10.0 Å². The predicted molar refractivity (Wildman–Crippen MR) is 78.0 cm³/mol. The molecule has 0 heterocycles. The highest BCUT2D eigenvalue weighted by atomic mass is 32.2. The molecular formula is C14H12N2O4S. The largest absolute Gasteiger partial charge is 0.497 e. The number of aliphatic imine (C=N–C) groups is 1. The number of benzene rings is 2. The van der Waals surface area contributed by atoms with E-state index in [-0.39, 0.29) is 4.90 Å². The van der Waals surface area contributed by atoms with Gasteiger partial charge >= 0.3 is 0 Å². The Morgan fingerprint density at radius 1 is 1.14 bits per heavy atom. The second-order valence-corrected chi connectivity index (χ2v) is 5.72. The van der Waals surface area contributed by atoms with Gasteiger partial charge in [-0.05, 0) is 36.4 Å². The van der Waals surface area contributed by atoms with Crippen molar-refractivity contribution in [2.45, 2.75) is 4.90 Å². The average Bonchev–Trinajstić information content (AvgIpc) is 2.48. The Balaban J connectivity index is 2.26. The van der Waals surface area contributed by atoms with Gasteiger partial charge in [-0.2, -0.15) is 4.99 Å². The van der Waals surface area contributed by atoms with Crippen LogP contribution in [0.4, 0.5) is 11.4 Å². The van der Waals surface area contributed by atoms with Crippen LogP contribution in [0.25, 0.3) is 0 Å². The molecule has 2 rings (SSSR count). The van der Waals surface area contributed by atoms with Crippen LogP contribution in [0.5, 0.6) is 5.75 Å². The molecule has 0 radical (unpaired) electrons. The third kappa shape index (κ3) is 3.68. The standard InChI is InChI=1S/C14H12N2O4S/c1-20-13-4-2-3-12(9-13)16-21(18,19)14-7-5-11(6-8-14)15-10-17/h2-9,16H,1H3. The zero-order valence-corrected chi connectivity index (χ0v) is 11.9. The number of isocyanates is 1. The molecule has 0 spiro atoms. The van der Waals surface area contributed by atoms with Crippen LogP contribution >= 0.6 is 0 Å². The highest BCUT2D eigenvalue weighted by Crippen LogP contribution is 2.22. The second kappa shape index (κ2) is 6.21. The minimum atomic E-state index is -3.72. The number of ether oxygens (including phenoxy) is 1. The molecule has 6 nitrogen and oxygen atoms in total. The number of nitrogens with zero attached hydrogens (tertiary/aromatic N) is 1. The molecule has 0 atom stereocenters. The fraction of sp³-hybridized carbons (Fsp3) is 0.0714. The zero-order chi connectivity index (χ0) is 15.3. The minimum absolute atomic E-state index is 0.0650. The number of nitrogens with one attached hydrogen (secondary N) is 1. The molecule has 0 aromatic heterocycles. The van der Waals surface area contributed by atoms with Gasteiger partial charge in [-0.25, -0.2) is 13.2 Å². The quantitative estimate of drug-likeness (QED) is 0.679. The van der Waals surface area contributed by atoms with E-state index in [1.165, 1.54) is 37.5 Å². The van der Waals surface area contributed by atoms with E-state index in [1.54, 1.807) is 24.3 Å². The van der Waals surface area contributed by atoms with Crippen molar-refractivity contribution >= 4 is 27.5 Å². The monoisotopic (exact) mass is 304 g/mol. The van der Waals surface area contributed by atoms with Gasteiger partial charge in [-0.15, -0.1) is 0 Å². The van der Waals surface area contributed by atoms with Gasteiger partial charge in [0.25, 0.3) is 10.0 Å². The molecule has 108 valence electrons. The Morgan fingerprint density at radius 2 is 1.86 bits per heavy atom. The van der Waals surface area contributed by atoms with Crippen LogP contribution in [0.15, 0.2) is 58.4 Å². The minimum Gasteiger partial charge on any atom is -0.497 e. The lowest BCUT2D eigenvalue weighted by atomic mass is 10.3. The van der Waals surface area contributed by atoms with Crippen molar-refractivity contribution < 1.29 is 17.9 Å². The number of methoxy groups -OCH3 is 1. The molecule has 0 bridgehead atoms. The van der Waals surface area contributed by atoms with Crippen LogP contribution < -0.4 is 9.46 Å². The normalized spacial score (nSPS) is 10.5. The molecule has 0 saturated carbocycles. The topological polar surface area (TPSA) is 84.8 Å². The number of hydrogen-bond donors (Lipinski definition) is 1. The van der Waals surface area contributed by atoms with Crippen LogP contribution in [0.1, 0.15) is 0 Å². The maximum atomic E-state index is 12.2. The molecule has 1 N–H and O–H groups in total. The molecular weight excluding hydrogens is 292 g/mol. The summed E-state index contributed by atoms with van der Waals surface area (Å²) in [4.78, 5) is 13.6. The molecule has 0 aliphatic carbocycles. The Bertz CT molecular complexity index is 779. The maximum absolute atomic E-state index is 12.2. The van der Waals surface area contributed by atoms with Crippen LogP contribution in [-0.4, -0.2) is 21.6 Å². The summed E-state index contributed by atoms with van der Waals surface area (Å²) in [7, 11) is -2.22. The van der Waals surface area contributed by atoms with Gasteiger partial charge in [0, 0.05) is 6.07 Å². The maximum Gasteiger partial charge on any atom is 0.261 e. The molecule has 0 unspecified atom stereocenters. The molecule has 7 heteroatoms. The Labute approximate surface area is 122 Å². The smallest absolute Gasteiger partial charge is 0.261 e. The van der Waals surface area contributed by atoms with E-state index in [0.29, 0.717) is 17.1 Å². The molecule has 21 heavy (non-hydrogen) atoms. The van der Waals surface area contributed by atoms with E-state index in [1.807, 2.05) is 0 Å². The summed E-state index contributed by atoms with van der Waals surface area (Å²) in [5.74, 6) is 0.547. The lowest BCUT2D eigenvalue weighted by Crippen LogP contribution is -2.12. The van der Waals surface area contributed by atoms with E-state index in [2.05, 4.69) is 9.71 Å². The Hall–Kier alpha value is -2.63. The van der Waals surface area contributed by atoms with Crippen LogP contribution in [0.2, 0.25) is 0 Å². The molecule has 0 saturated heterocycles. The first-order valence-corrected chi connectivity index (χ1v) is 7.38. The van der Waals surface area contributed by atoms with Gasteiger partial charge in [0.15, 0.2) is 0 Å². The lowest BCUT2D eigenvalue weighted by molar-refractivity contribution is 0.415. The molecule has 0 amide bonds. The highest BCUT2D eigenvalue weighted by Gasteiger charge is 2.14. The summed E-state index contributed by atoms with van der Waals surface area (Å²) in [6, 6.07) is 12.1. The Morgan fingerprint density at radius 3 is 2.48 bits per heavy atom. The van der Waals surface area contributed by atoms with E-state index in [4.69, 9.17) is 4.74 Å². The van der Waals surface area contributed by atoms with Gasteiger partial charge in [0.1, 0.15) is 5.75 Å². The van der Waals surface area contributed by atoms with E-state index in [0.717, 1.165) is 0 Å². The fourth-order valence-corrected chi connectivity index (χ4v) is 2.70. The van der Waals surface area contributed by atoms with Crippen molar-refractivity contribution in [1.82, 2.24) is 0 Å². The number of rotatable bonds is 5. The molecule has 0 fully saturated rings. The third-order valence-corrected chi connectivity index (χ3v) is 4.04. The van der Waals surface area contributed by atoms with E-state index in [9.17, 15) is 13.2 Å². The summed E-state index contributed by atoms with van der Waals surface area (Å²) in [6.07, 6.45) is 1.39. The summed E-state index contributed by atoms with van der Waals surface area (Å²) in [6.45, 7) is 0. The van der Waals surface area contributed by atoms with Gasteiger partial charge in [-0.3, -0.25) is 4.72 Å². The molecule has 2 aromatic rings. The summed E-state index contributed by atoms with van der Waals surface area (Å²) in [5.41, 5.74) is 0.731. The van der Waals surface area contributed by atoms with E-state index >= 15 is 0 Å². The van der Waals surface area contributed by atoms with Crippen LogP contribution in [0, 0.1) is 0 Å². The van der Waals surface area contributed by atoms with Crippen LogP contribution in [-0.2, 0) is 14.8 Å².